The predicted molar refractivity (Wildman–Crippen MR) is 86.1 cm³/mol. The summed E-state index contributed by atoms with van der Waals surface area (Å²) in [6.07, 6.45) is 4.24. The zero-order valence-electron chi connectivity index (χ0n) is 12.1. The van der Waals surface area contributed by atoms with Crippen molar-refractivity contribution in [3.05, 3.63) is 52.5 Å². The summed E-state index contributed by atoms with van der Waals surface area (Å²) in [7, 11) is -3.61. The van der Waals surface area contributed by atoms with Crippen LogP contribution in [0.25, 0.3) is 0 Å². The fourth-order valence-corrected chi connectivity index (χ4v) is 5.19. The summed E-state index contributed by atoms with van der Waals surface area (Å²) in [6, 6.07) is 9.02. The second-order valence-electron chi connectivity index (χ2n) is 5.74. The topological polar surface area (TPSA) is 46.2 Å². The lowest BCUT2D eigenvalue weighted by atomic mass is 9.85. The molecule has 0 atom stereocenters. The Morgan fingerprint density at radius 1 is 1.14 bits per heavy atom. The van der Waals surface area contributed by atoms with Gasteiger partial charge in [0.1, 0.15) is 5.82 Å². The molecule has 2 aromatic rings. The molecule has 0 radical (unpaired) electrons. The normalized spacial score (nSPS) is 17.7. The van der Waals surface area contributed by atoms with Crippen molar-refractivity contribution >= 4 is 21.4 Å². The molecule has 3 nitrogen and oxygen atoms in total. The van der Waals surface area contributed by atoms with Crippen LogP contribution in [0.15, 0.2) is 46.7 Å². The second-order valence-corrected chi connectivity index (χ2v) is 8.46. The van der Waals surface area contributed by atoms with Crippen LogP contribution in [0, 0.1) is 5.82 Å². The molecular formula is C16H18FNO2S2. The zero-order valence-corrected chi connectivity index (χ0v) is 13.7. The summed E-state index contributed by atoms with van der Waals surface area (Å²) in [5.74, 6) is -0.440. The van der Waals surface area contributed by atoms with E-state index < -0.39 is 15.8 Å². The summed E-state index contributed by atoms with van der Waals surface area (Å²) in [5.41, 5.74) is -0.0960. The van der Waals surface area contributed by atoms with Crippen molar-refractivity contribution in [1.82, 2.24) is 4.72 Å². The Balaban J connectivity index is 1.79. The summed E-state index contributed by atoms with van der Waals surface area (Å²) in [6.45, 7) is 0.396. The first kappa shape index (κ1) is 15.6. The van der Waals surface area contributed by atoms with E-state index in [1.54, 1.807) is 11.3 Å². The molecule has 1 aliphatic rings. The molecule has 22 heavy (non-hydrogen) atoms. The van der Waals surface area contributed by atoms with Crippen LogP contribution in [-0.2, 0) is 15.4 Å². The number of hydrogen-bond acceptors (Lipinski definition) is 3. The van der Waals surface area contributed by atoms with Gasteiger partial charge in [-0.1, -0.05) is 18.9 Å². The molecule has 118 valence electrons. The predicted octanol–water partition coefficient (Wildman–Crippen LogP) is 3.68. The highest BCUT2D eigenvalue weighted by molar-refractivity contribution is 7.89. The highest BCUT2D eigenvalue weighted by Crippen LogP contribution is 2.42. The Morgan fingerprint density at radius 3 is 2.41 bits per heavy atom. The molecule has 0 bridgehead atoms. The lowest BCUT2D eigenvalue weighted by Gasteiger charge is -2.28. The van der Waals surface area contributed by atoms with Crippen molar-refractivity contribution in [2.24, 2.45) is 0 Å². The van der Waals surface area contributed by atoms with E-state index in [-0.39, 0.29) is 10.3 Å². The van der Waals surface area contributed by atoms with Gasteiger partial charge in [-0.15, -0.1) is 11.3 Å². The molecule has 0 aliphatic heterocycles. The van der Waals surface area contributed by atoms with E-state index in [9.17, 15) is 12.8 Å². The number of benzene rings is 1. The van der Waals surface area contributed by atoms with Gasteiger partial charge in [-0.05, 0) is 48.6 Å². The molecule has 1 aliphatic carbocycles. The molecule has 1 heterocycles. The fraction of sp³-hybridized carbons (Fsp3) is 0.375. The SMILES string of the molecule is O=S(=O)(NCC1(c2cccs2)CCCC1)c1ccc(F)cc1. The minimum atomic E-state index is -3.61. The molecular weight excluding hydrogens is 321 g/mol. The first-order valence-electron chi connectivity index (χ1n) is 7.31. The smallest absolute Gasteiger partial charge is 0.210 e. The Bertz CT molecular complexity index is 718. The van der Waals surface area contributed by atoms with E-state index in [2.05, 4.69) is 10.8 Å². The maximum Gasteiger partial charge on any atom is 0.240 e. The first-order valence-corrected chi connectivity index (χ1v) is 9.67. The standard InChI is InChI=1S/C16H18FNO2S2/c17-13-5-7-14(8-6-13)22(19,20)18-12-16(9-1-2-10-16)15-4-3-11-21-15/h3-8,11,18H,1-2,9-10,12H2. The summed E-state index contributed by atoms with van der Waals surface area (Å²) >= 11 is 1.68. The molecule has 0 saturated heterocycles. The van der Waals surface area contributed by atoms with Gasteiger partial charge < -0.3 is 0 Å². The van der Waals surface area contributed by atoms with Gasteiger partial charge in [-0.25, -0.2) is 17.5 Å². The van der Waals surface area contributed by atoms with Gasteiger partial charge in [-0.3, -0.25) is 0 Å². The van der Waals surface area contributed by atoms with Gasteiger partial charge in [0.2, 0.25) is 10.0 Å². The fourth-order valence-electron chi connectivity index (χ4n) is 3.07. The Hall–Kier alpha value is -1.24. The van der Waals surface area contributed by atoms with E-state index in [0.717, 1.165) is 25.7 Å². The van der Waals surface area contributed by atoms with Gasteiger partial charge in [0.15, 0.2) is 0 Å². The average molecular weight is 339 g/mol. The van der Waals surface area contributed by atoms with Crippen LogP contribution < -0.4 is 4.72 Å². The molecule has 1 aromatic carbocycles. The number of thiophene rings is 1. The maximum atomic E-state index is 12.9. The van der Waals surface area contributed by atoms with Crippen molar-refractivity contribution in [3.8, 4) is 0 Å². The van der Waals surface area contributed by atoms with Gasteiger partial charge in [0.05, 0.1) is 4.90 Å². The van der Waals surface area contributed by atoms with Gasteiger partial charge in [0, 0.05) is 16.8 Å². The molecule has 1 N–H and O–H groups in total. The minimum absolute atomic E-state index is 0.0960. The van der Waals surface area contributed by atoms with Crippen LogP contribution in [-0.4, -0.2) is 15.0 Å². The highest BCUT2D eigenvalue weighted by atomic mass is 32.2. The number of halogens is 1. The lowest BCUT2D eigenvalue weighted by molar-refractivity contribution is 0.440. The molecule has 1 aromatic heterocycles. The van der Waals surface area contributed by atoms with Crippen LogP contribution in [0.2, 0.25) is 0 Å². The van der Waals surface area contributed by atoms with Crippen molar-refractivity contribution < 1.29 is 12.8 Å². The highest BCUT2D eigenvalue weighted by Gasteiger charge is 2.37. The van der Waals surface area contributed by atoms with Gasteiger partial charge in [0.25, 0.3) is 0 Å². The summed E-state index contributed by atoms with van der Waals surface area (Å²) < 4.78 is 40.4. The summed E-state index contributed by atoms with van der Waals surface area (Å²) in [4.78, 5) is 1.35. The quantitative estimate of drug-likeness (QED) is 0.903. The van der Waals surface area contributed by atoms with E-state index in [0.29, 0.717) is 6.54 Å². The van der Waals surface area contributed by atoms with Crippen molar-refractivity contribution in [2.45, 2.75) is 36.0 Å². The molecule has 0 amide bonds. The Morgan fingerprint density at radius 2 is 1.82 bits per heavy atom. The largest absolute Gasteiger partial charge is 0.240 e. The molecule has 1 saturated carbocycles. The maximum absolute atomic E-state index is 12.9. The summed E-state index contributed by atoms with van der Waals surface area (Å²) in [5, 5.41) is 2.03. The number of hydrogen-bond donors (Lipinski definition) is 1. The Labute approximate surface area is 134 Å². The van der Waals surface area contributed by atoms with Crippen LogP contribution in [0.3, 0.4) is 0 Å². The van der Waals surface area contributed by atoms with Crippen LogP contribution >= 0.6 is 11.3 Å². The minimum Gasteiger partial charge on any atom is -0.210 e. The van der Waals surface area contributed by atoms with E-state index >= 15 is 0 Å². The monoisotopic (exact) mass is 339 g/mol. The van der Waals surface area contributed by atoms with Crippen molar-refractivity contribution in [1.29, 1.82) is 0 Å². The van der Waals surface area contributed by atoms with E-state index in [1.165, 1.54) is 29.1 Å². The second kappa shape index (κ2) is 6.10. The van der Waals surface area contributed by atoms with Crippen LogP contribution in [0.4, 0.5) is 4.39 Å². The number of sulfonamides is 1. The molecule has 6 heteroatoms. The van der Waals surface area contributed by atoms with Crippen LogP contribution in [0.1, 0.15) is 30.6 Å². The third-order valence-corrected chi connectivity index (χ3v) is 6.86. The lowest BCUT2D eigenvalue weighted by Crippen LogP contribution is -2.38. The Kier molecular flexibility index (Phi) is 4.34. The molecule has 1 fully saturated rings. The van der Waals surface area contributed by atoms with Crippen molar-refractivity contribution in [3.63, 3.8) is 0 Å². The molecule has 0 spiro atoms. The van der Waals surface area contributed by atoms with Crippen LogP contribution in [0.5, 0.6) is 0 Å². The first-order chi connectivity index (χ1) is 10.5. The third-order valence-electron chi connectivity index (χ3n) is 4.33. The molecule has 0 unspecified atom stereocenters. The number of rotatable bonds is 5. The number of nitrogens with one attached hydrogen (secondary N) is 1. The van der Waals surface area contributed by atoms with E-state index in [1.807, 2.05) is 11.4 Å². The van der Waals surface area contributed by atoms with E-state index in [4.69, 9.17) is 0 Å². The zero-order chi connectivity index (χ0) is 15.6. The third kappa shape index (κ3) is 3.09. The molecule has 3 rings (SSSR count). The average Bonchev–Trinajstić information content (AvgIpc) is 3.18. The van der Waals surface area contributed by atoms with Gasteiger partial charge >= 0.3 is 0 Å². The van der Waals surface area contributed by atoms with Gasteiger partial charge in [-0.2, -0.15) is 0 Å². The van der Waals surface area contributed by atoms with Crippen molar-refractivity contribution in [2.75, 3.05) is 6.54 Å².